The van der Waals surface area contributed by atoms with Gasteiger partial charge in [-0.2, -0.15) is 0 Å². The Labute approximate surface area is 96.1 Å². The lowest BCUT2D eigenvalue weighted by atomic mass is 10.1. The smallest absolute Gasteiger partial charge is 0.240 e. The zero-order valence-corrected chi connectivity index (χ0v) is 9.65. The van der Waals surface area contributed by atoms with Crippen molar-refractivity contribution in [1.29, 1.82) is 0 Å². The highest BCUT2D eigenvalue weighted by Crippen LogP contribution is 2.18. The molecule has 16 heavy (non-hydrogen) atoms. The molecule has 1 fully saturated rings. The number of carbonyl (C=O) groups is 2. The third-order valence-corrected chi connectivity index (χ3v) is 3.00. The van der Waals surface area contributed by atoms with Gasteiger partial charge in [-0.25, -0.2) is 0 Å². The predicted molar refractivity (Wildman–Crippen MR) is 61.5 cm³/mol. The molecule has 2 amide bonds. The SMILES string of the molecule is NCCCCCC(=O)N1CCCC1C(N)=O. The fourth-order valence-corrected chi connectivity index (χ4v) is 2.10. The normalized spacial score (nSPS) is 20.1. The standard InChI is InChI=1S/C11H21N3O2/c12-7-3-1-2-6-10(15)14-8-4-5-9(14)11(13)16/h9H,1-8,12H2,(H2,13,16). The van der Waals surface area contributed by atoms with E-state index in [-0.39, 0.29) is 17.9 Å². The molecule has 5 heteroatoms. The minimum atomic E-state index is -0.382. The van der Waals surface area contributed by atoms with E-state index in [1.165, 1.54) is 0 Å². The summed E-state index contributed by atoms with van der Waals surface area (Å²) in [6, 6.07) is -0.373. The van der Waals surface area contributed by atoms with Gasteiger partial charge in [0, 0.05) is 13.0 Å². The Bertz CT molecular complexity index is 256. The van der Waals surface area contributed by atoms with Crippen LogP contribution in [0.1, 0.15) is 38.5 Å². The van der Waals surface area contributed by atoms with Gasteiger partial charge < -0.3 is 16.4 Å². The summed E-state index contributed by atoms with van der Waals surface area (Å²) in [6.07, 6.45) is 4.86. The molecule has 4 N–H and O–H groups in total. The second-order valence-corrected chi connectivity index (χ2v) is 4.25. The third-order valence-electron chi connectivity index (χ3n) is 3.00. The highest BCUT2D eigenvalue weighted by molar-refractivity contribution is 5.87. The van der Waals surface area contributed by atoms with Crippen molar-refractivity contribution in [2.24, 2.45) is 11.5 Å². The van der Waals surface area contributed by atoms with Gasteiger partial charge in [-0.15, -0.1) is 0 Å². The molecule has 0 bridgehead atoms. The first-order chi connectivity index (χ1) is 7.66. The van der Waals surface area contributed by atoms with Crippen LogP contribution in [0.25, 0.3) is 0 Å². The van der Waals surface area contributed by atoms with Crippen LogP contribution in [0.5, 0.6) is 0 Å². The fraction of sp³-hybridized carbons (Fsp3) is 0.818. The monoisotopic (exact) mass is 227 g/mol. The average molecular weight is 227 g/mol. The summed E-state index contributed by atoms with van der Waals surface area (Å²) in [6.45, 7) is 1.34. The van der Waals surface area contributed by atoms with Gasteiger partial charge >= 0.3 is 0 Å². The van der Waals surface area contributed by atoms with E-state index >= 15 is 0 Å². The maximum Gasteiger partial charge on any atom is 0.240 e. The molecule has 1 unspecified atom stereocenters. The van der Waals surface area contributed by atoms with Crippen molar-refractivity contribution >= 4 is 11.8 Å². The number of hydrogen-bond donors (Lipinski definition) is 2. The highest BCUT2D eigenvalue weighted by Gasteiger charge is 2.31. The molecule has 1 aliphatic rings. The number of primary amides is 1. The molecular weight excluding hydrogens is 206 g/mol. The third kappa shape index (κ3) is 3.48. The lowest BCUT2D eigenvalue weighted by molar-refractivity contribution is -0.137. The van der Waals surface area contributed by atoms with E-state index in [4.69, 9.17) is 11.5 Å². The molecule has 1 aliphatic heterocycles. The number of nitrogens with two attached hydrogens (primary N) is 2. The molecule has 1 rings (SSSR count). The predicted octanol–water partition coefficient (Wildman–Crippen LogP) is -0.0182. The van der Waals surface area contributed by atoms with Gasteiger partial charge in [0.15, 0.2) is 0 Å². The summed E-state index contributed by atoms with van der Waals surface area (Å²) in [5.41, 5.74) is 10.6. The van der Waals surface area contributed by atoms with Gasteiger partial charge in [0.2, 0.25) is 11.8 Å². The maximum atomic E-state index is 11.8. The van der Waals surface area contributed by atoms with Crippen molar-refractivity contribution in [3.63, 3.8) is 0 Å². The number of hydrogen-bond acceptors (Lipinski definition) is 3. The van der Waals surface area contributed by atoms with E-state index in [2.05, 4.69) is 0 Å². The first-order valence-corrected chi connectivity index (χ1v) is 5.95. The number of nitrogens with zero attached hydrogens (tertiary/aromatic N) is 1. The molecule has 0 aromatic heterocycles. The van der Waals surface area contributed by atoms with Crippen LogP contribution in [0, 0.1) is 0 Å². The second kappa shape index (κ2) is 6.48. The van der Waals surface area contributed by atoms with Crippen molar-refractivity contribution < 1.29 is 9.59 Å². The maximum absolute atomic E-state index is 11.8. The van der Waals surface area contributed by atoms with Gasteiger partial charge in [-0.3, -0.25) is 9.59 Å². The largest absolute Gasteiger partial charge is 0.368 e. The number of likely N-dealkylation sites (tertiary alicyclic amines) is 1. The lowest BCUT2D eigenvalue weighted by Gasteiger charge is -2.22. The van der Waals surface area contributed by atoms with Crippen LogP contribution in [0.15, 0.2) is 0 Å². The first kappa shape index (κ1) is 13.0. The van der Waals surface area contributed by atoms with Crippen molar-refractivity contribution in [3.8, 4) is 0 Å². The zero-order chi connectivity index (χ0) is 12.0. The topological polar surface area (TPSA) is 89.4 Å². The summed E-state index contributed by atoms with van der Waals surface area (Å²) in [5, 5.41) is 0. The van der Waals surface area contributed by atoms with Crippen LogP contribution in [-0.2, 0) is 9.59 Å². The molecule has 0 aromatic rings. The summed E-state index contributed by atoms with van der Waals surface area (Å²) in [5.74, 6) is -0.328. The highest BCUT2D eigenvalue weighted by atomic mass is 16.2. The Kier molecular flexibility index (Phi) is 5.25. The lowest BCUT2D eigenvalue weighted by Crippen LogP contribution is -2.43. The van der Waals surface area contributed by atoms with E-state index in [1.54, 1.807) is 4.90 Å². The van der Waals surface area contributed by atoms with Crippen molar-refractivity contribution in [3.05, 3.63) is 0 Å². The minimum absolute atomic E-state index is 0.0540. The molecule has 0 aliphatic carbocycles. The summed E-state index contributed by atoms with van der Waals surface area (Å²) in [4.78, 5) is 24.5. The van der Waals surface area contributed by atoms with E-state index in [0.29, 0.717) is 25.9 Å². The van der Waals surface area contributed by atoms with E-state index in [1.807, 2.05) is 0 Å². The molecule has 1 atom stereocenters. The van der Waals surface area contributed by atoms with E-state index in [0.717, 1.165) is 25.7 Å². The molecular formula is C11H21N3O2. The van der Waals surface area contributed by atoms with Crippen LogP contribution in [0.3, 0.4) is 0 Å². The van der Waals surface area contributed by atoms with Crippen LogP contribution >= 0.6 is 0 Å². The van der Waals surface area contributed by atoms with Gasteiger partial charge in [-0.05, 0) is 32.2 Å². The summed E-state index contributed by atoms with van der Waals surface area (Å²) in [7, 11) is 0. The molecule has 0 saturated carbocycles. The number of rotatable bonds is 6. The van der Waals surface area contributed by atoms with Crippen molar-refractivity contribution in [2.45, 2.75) is 44.6 Å². The minimum Gasteiger partial charge on any atom is -0.368 e. The van der Waals surface area contributed by atoms with Crippen LogP contribution in [0.4, 0.5) is 0 Å². The molecule has 1 heterocycles. The van der Waals surface area contributed by atoms with Gasteiger partial charge in [0.25, 0.3) is 0 Å². The Morgan fingerprint density at radius 3 is 2.62 bits per heavy atom. The van der Waals surface area contributed by atoms with Gasteiger partial charge in [0.1, 0.15) is 6.04 Å². The molecule has 92 valence electrons. The number of amides is 2. The van der Waals surface area contributed by atoms with E-state index < -0.39 is 0 Å². The van der Waals surface area contributed by atoms with Crippen molar-refractivity contribution in [2.75, 3.05) is 13.1 Å². The Morgan fingerprint density at radius 1 is 1.25 bits per heavy atom. The van der Waals surface area contributed by atoms with E-state index in [9.17, 15) is 9.59 Å². The Morgan fingerprint density at radius 2 is 2.00 bits per heavy atom. The Hall–Kier alpha value is -1.10. The molecule has 0 spiro atoms. The average Bonchev–Trinajstić information content (AvgIpc) is 2.73. The van der Waals surface area contributed by atoms with Gasteiger partial charge in [-0.1, -0.05) is 6.42 Å². The summed E-state index contributed by atoms with van der Waals surface area (Å²) < 4.78 is 0. The molecule has 1 saturated heterocycles. The van der Waals surface area contributed by atoms with Crippen LogP contribution in [-0.4, -0.2) is 35.8 Å². The molecule has 5 nitrogen and oxygen atoms in total. The molecule has 0 radical (unpaired) electrons. The first-order valence-electron chi connectivity index (χ1n) is 5.95. The zero-order valence-electron chi connectivity index (χ0n) is 9.65. The second-order valence-electron chi connectivity index (χ2n) is 4.25. The molecule has 0 aromatic carbocycles. The summed E-state index contributed by atoms with van der Waals surface area (Å²) >= 11 is 0. The quantitative estimate of drug-likeness (QED) is 0.625. The number of unbranched alkanes of at least 4 members (excludes halogenated alkanes) is 2. The Balaban J connectivity index is 2.32. The number of carbonyl (C=O) groups excluding carboxylic acids is 2. The van der Waals surface area contributed by atoms with Crippen LogP contribution < -0.4 is 11.5 Å². The van der Waals surface area contributed by atoms with Crippen LogP contribution in [0.2, 0.25) is 0 Å². The fourth-order valence-electron chi connectivity index (χ4n) is 2.10. The van der Waals surface area contributed by atoms with Gasteiger partial charge in [0.05, 0.1) is 0 Å². The van der Waals surface area contributed by atoms with Crippen molar-refractivity contribution in [1.82, 2.24) is 4.90 Å².